The Labute approximate surface area is 190 Å². The van der Waals surface area contributed by atoms with E-state index in [9.17, 15) is 19.2 Å². The Bertz CT molecular complexity index is 611. The van der Waals surface area contributed by atoms with Gasteiger partial charge < -0.3 is 14.4 Å². The summed E-state index contributed by atoms with van der Waals surface area (Å²) in [5.41, 5.74) is -0.738. The SMILES string of the molecule is C.CCOC(=O)Cl.CCOC(=O)N1C2CCC1CC(=O)C2.CN1C2CCC1CC(=O)C2. The smallest absolute Gasteiger partial charge is 0.410 e. The van der Waals surface area contributed by atoms with E-state index in [4.69, 9.17) is 16.3 Å². The number of amides is 1. The maximum Gasteiger partial charge on any atom is 0.410 e. The Kier molecular flexibility index (Phi) is 11.5. The minimum absolute atomic E-state index is 0. The van der Waals surface area contributed by atoms with Gasteiger partial charge in [-0.25, -0.2) is 9.59 Å². The standard InChI is InChI=1S/C10H15NO3.C8H13NO.C3H5ClO2.CH4/c1-2-14-10(13)11-7-3-4-8(11)6-9(12)5-7;1-9-6-2-3-7(9)5-8(10)4-6;1-2-6-3(4)5;/h7-8H,2-6H2,1H3;6-7H,2-5H2,1H3;2H2,1H3;1H4. The van der Waals surface area contributed by atoms with Gasteiger partial charge in [-0.3, -0.25) is 14.5 Å². The van der Waals surface area contributed by atoms with E-state index in [0.717, 1.165) is 25.7 Å². The summed E-state index contributed by atoms with van der Waals surface area (Å²) in [5, 5.41) is 0. The third-order valence-electron chi connectivity index (χ3n) is 6.19. The number of Topliss-reactive ketones (excluding diaryl/α,β-unsaturated/α-hetero) is 2. The molecule has 0 spiro atoms. The first-order valence-corrected chi connectivity index (χ1v) is 11.2. The number of nitrogens with zero attached hydrogens (tertiary/aromatic N) is 2. The van der Waals surface area contributed by atoms with Gasteiger partial charge in [0, 0.05) is 61.5 Å². The number of hydrogen-bond donors (Lipinski definition) is 0. The predicted octanol–water partition coefficient (Wildman–Crippen LogP) is 4.17. The van der Waals surface area contributed by atoms with Crippen LogP contribution in [0, 0.1) is 0 Å². The topological polar surface area (TPSA) is 93.2 Å². The maximum atomic E-state index is 11.6. The summed E-state index contributed by atoms with van der Waals surface area (Å²) in [4.78, 5) is 47.6. The van der Waals surface area contributed by atoms with Crippen molar-refractivity contribution >= 4 is 34.7 Å². The van der Waals surface area contributed by atoms with Crippen molar-refractivity contribution in [2.75, 3.05) is 20.3 Å². The summed E-state index contributed by atoms with van der Waals surface area (Å²) >= 11 is 4.72. The molecule has 0 aromatic rings. The Morgan fingerprint density at radius 3 is 1.58 bits per heavy atom. The van der Waals surface area contributed by atoms with E-state index >= 15 is 0 Å². The van der Waals surface area contributed by atoms with Gasteiger partial charge in [0.05, 0.1) is 13.2 Å². The Morgan fingerprint density at radius 2 is 1.23 bits per heavy atom. The molecule has 4 fully saturated rings. The molecule has 4 bridgehead atoms. The highest BCUT2D eigenvalue weighted by atomic mass is 35.5. The second kappa shape index (κ2) is 13.0. The number of carbonyl (C=O) groups excluding carboxylic acids is 4. The van der Waals surface area contributed by atoms with Gasteiger partial charge in [-0.2, -0.15) is 0 Å². The van der Waals surface area contributed by atoms with Gasteiger partial charge in [-0.05, 0) is 46.6 Å². The number of halogens is 1. The first-order valence-electron chi connectivity index (χ1n) is 10.8. The van der Waals surface area contributed by atoms with E-state index < -0.39 is 5.43 Å². The summed E-state index contributed by atoms with van der Waals surface area (Å²) in [6.07, 6.45) is 6.82. The van der Waals surface area contributed by atoms with Crippen LogP contribution < -0.4 is 0 Å². The summed E-state index contributed by atoms with van der Waals surface area (Å²) in [6, 6.07) is 1.40. The Balaban J connectivity index is 0.000000249. The van der Waals surface area contributed by atoms with E-state index in [1.807, 2.05) is 0 Å². The average molecular weight is 461 g/mol. The summed E-state index contributed by atoms with van der Waals surface area (Å²) in [5.74, 6) is 0.767. The molecule has 4 aliphatic rings. The molecule has 4 heterocycles. The number of carbonyl (C=O) groups is 4. The van der Waals surface area contributed by atoms with Gasteiger partial charge in [-0.15, -0.1) is 0 Å². The highest BCUT2D eigenvalue weighted by Crippen LogP contribution is 2.34. The lowest BCUT2D eigenvalue weighted by molar-refractivity contribution is -0.124. The van der Waals surface area contributed by atoms with Crippen molar-refractivity contribution < 1.29 is 28.7 Å². The van der Waals surface area contributed by atoms with Crippen LogP contribution in [0.15, 0.2) is 0 Å². The fourth-order valence-electron chi connectivity index (χ4n) is 4.77. The van der Waals surface area contributed by atoms with Crippen LogP contribution >= 0.6 is 11.6 Å². The highest BCUT2D eigenvalue weighted by Gasteiger charge is 2.43. The molecule has 4 aliphatic heterocycles. The zero-order chi connectivity index (χ0) is 22.3. The first-order chi connectivity index (χ1) is 14.3. The van der Waals surface area contributed by atoms with E-state index in [1.165, 1.54) is 12.8 Å². The van der Waals surface area contributed by atoms with Gasteiger partial charge in [0.1, 0.15) is 11.6 Å². The zero-order valence-corrected chi connectivity index (χ0v) is 18.9. The first kappa shape index (κ1) is 27.4. The molecule has 8 nitrogen and oxygen atoms in total. The van der Waals surface area contributed by atoms with Crippen molar-refractivity contribution in [1.29, 1.82) is 0 Å². The normalized spacial score (nSPS) is 28.5. The molecule has 4 atom stereocenters. The molecule has 0 N–H and O–H groups in total. The molecule has 4 saturated heterocycles. The maximum absolute atomic E-state index is 11.6. The lowest BCUT2D eigenvalue weighted by atomic mass is 10.0. The van der Waals surface area contributed by atoms with Crippen molar-refractivity contribution in [3.05, 3.63) is 0 Å². The van der Waals surface area contributed by atoms with Crippen molar-refractivity contribution in [2.24, 2.45) is 0 Å². The molecule has 31 heavy (non-hydrogen) atoms. The number of ether oxygens (including phenoxy) is 2. The highest BCUT2D eigenvalue weighted by molar-refractivity contribution is 6.61. The lowest BCUT2D eigenvalue weighted by Gasteiger charge is -2.32. The second-order valence-electron chi connectivity index (χ2n) is 8.11. The molecule has 0 aliphatic carbocycles. The fourth-order valence-corrected chi connectivity index (χ4v) is 4.88. The molecule has 0 aromatic carbocycles. The van der Waals surface area contributed by atoms with Crippen LogP contribution in [0.25, 0.3) is 0 Å². The van der Waals surface area contributed by atoms with Crippen molar-refractivity contribution in [3.8, 4) is 0 Å². The van der Waals surface area contributed by atoms with E-state index in [-0.39, 0.29) is 31.4 Å². The number of piperidine rings is 2. The molecule has 0 aromatic heterocycles. The number of rotatable bonds is 2. The summed E-state index contributed by atoms with van der Waals surface area (Å²) < 4.78 is 9.14. The fraction of sp³-hybridized carbons (Fsp3) is 0.818. The summed E-state index contributed by atoms with van der Waals surface area (Å²) in [7, 11) is 2.15. The average Bonchev–Trinajstić information content (AvgIpc) is 3.05. The van der Waals surface area contributed by atoms with Gasteiger partial charge >= 0.3 is 11.5 Å². The monoisotopic (exact) mass is 460 g/mol. The van der Waals surface area contributed by atoms with Crippen LogP contribution in [0.4, 0.5) is 9.59 Å². The Morgan fingerprint density at radius 1 is 0.839 bits per heavy atom. The third kappa shape index (κ3) is 7.75. The van der Waals surface area contributed by atoms with Crippen LogP contribution in [0.1, 0.15) is 72.6 Å². The molecular formula is C22H37ClN2O6. The van der Waals surface area contributed by atoms with Gasteiger partial charge in [0.2, 0.25) is 0 Å². The molecule has 4 unspecified atom stereocenters. The predicted molar refractivity (Wildman–Crippen MR) is 118 cm³/mol. The van der Waals surface area contributed by atoms with Crippen LogP contribution in [-0.2, 0) is 19.1 Å². The minimum atomic E-state index is -0.738. The largest absolute Gasteiger partial charge is 0.454 e. The van der Waals surface area contributed by atoms with Crippen molar-refractivity contribution in [2.45, 2.75) is 96.8 Å². The van der Waals surface area contributed by atoms with E-state index in [1.54, 1.807) is 18.7 Å². The van der Waals surface area contributed by atoms with Crippen LogP contribution in [-0.4, -0.2) is 77.3 Å². The zero-order valence-electron chi connectivity index (χ0n) is 18.1. The number of fused-ring (bicyclic) bond motifs is 4. The van der Waals surface area contributed by atoms with E-state index in [0.29, 0.717) is 43.9 Å². The molecular weight excluding hydrogens is 424 g/mol. The molecule has 178 valence electrons. The minimum Gasteiger partial charge on any atom is -0.454 e. The molecule has 4 rings (SSSR count). The second-order valence-corrected chi connectivity index (χ2v) is 8.41. The molecule has 0 radical (unpaired) electrons. The number of hydrogen-bond acceptors (Lipinski definition) is 7. The third-order valence-corrected chi connectivity index (χ3v) is 6.30. The van der Waals surface area contributed by atoms with Crippen molar-refractivity contribution in [3.63, 3.8) is 0 Å². The van der Waals surface area contributed by atoms with Gasteiger partial charge in [0.25, 0.3) is 0 Å². The van der Waals surface area contributed by atoms with E-state index in [2.05, 4.69) is 16.7 Å². The lowest BCUT2D eigenvalue weighted by Crippen LogP contribution is -2.46. The van der Waals surface area contributed by atoms with Gasteiger partial charge in [-0.1, -0.05) is 7.43 Å². The van der Waals surface area contributed by atoms with Crippen LogP contribution in [0.2, 0.25) is 0 Å². The van der Waals surface area contributed by atoms with Crippen molar-refractivity contribution in [1.82, 2.24) is 9.80 Å². The molecule has 0 saturated carbocycles. The molecule has 1 amide bonds. The quantitative estimate of drug-likeness (QED) is 0.571. The summed E-state index contributed by atoms with van der Waals surface area (Å²) in [6.45, 7) is 4.25. The van der Waals surface area contributed by atoms with Crippen LogP contribution in [0.3, 0.4) is 0 Å². The van der Waals surface area contributed by atoms with Crippen LogP contribution in [0.5, 0.6) is 0 Å². The Hall–Kier alpha value is -1.67. The number of ketones is 2. The molecule has 9 heteroatoms. The van der Waals surface area contributed by atoms with Gasteiger partial charge in [0.15, 0.2) is 0 Å².